The Labute approximate surface area is 69.1 Å². The molecule has 0 radical (unpaired) electrons. The van der Waals surface area contributed by atoms with E-state index in [9.17, 15) is 0 Å². The summed E-state index contributed by atoms with van der Waals surface area (Å²) in [6.45, 7) is 6.58. The van der Waals surface area contributed by atoms with E-state index in [1.54, 1.807) is 0 Å². The number of hydrogen-bond donors (Lipinski definition) is 0. The Kier molecular flexibility index (Phi) is 1.40. The average molecular weight is 162 g/mol. The number of fused-ring (bicyclic) bond motifs is 1. The molecule has 11 heavy (non-hydrogen) atoms. The molecule has 0 unspecified atom stereocenters. The molecule has 56 valence electrons. The van der Waals surface area contributed by atoms with E-state index >= 15 is 0 Å². The van der Waals surface area contributed by atoms with Crippen molar-refractivity contribution in [2.75, 3.05) is 0 Å². The van der Waals surface area contributed by atoms with Gasteiger partial charge in [0.05, 0.1) is 0 Å². The molecule has 0 saturated carbocycles. The van der Waals surface area contributed by atoms with Gasteiger partial charge in [0.2, 0.25) is 0 Å². The van der Waals surface area contributed by atoms with Gasteiger partial charge in [-0.1, -0.05) is 8.20 Å². The van der Waals surface area contributed by atoms with Crippen LogP contribution in [0, 0.1) is 0 Å². The lowest BCUT2D eigenvalue weighted by molar-refractivity contribution is 1.36. The van der Waals surface area contributed by atoms with Crippen molar-refractivity contribution in [2.24, 2.45) is 0 Å². The highest BCUT2D eigenvalue weighted by atomic mass is 31.1. The molecule has 2 rings (SSSR count). The van der Waals surface area contributed by atoms with Crippen molar-refractivity contribution < 1.29 is 0 Å². The van der Waals surface area contributed by atoms with Crippen molar-refractivity contribution in [3.8, 4) is 0 Å². The van der Waals surface area contributed by atoms with Crippen LogP contribution >= 0.6 is 8.20 Å². The Morgan fingerprint density at radius 3 is 2.45 bits per heavy atom. The highest BCUT2D eigenvalue weighted by Crippen LogP contribution is 2.36. The molecule has 1 aliphatic heterocycles. The zero-order valence-electron chi connectivity index (χ0n) is 7.10. The van der Waals surface area contributed by atoms with E-state index in [1.165, 1.54) is 35.5 Å². The van der Waals surface area contributed by atoms with Crippen LogP contribution < -0.4 is 0 Å². The molecule has 0 nitrogen and oxygen atoms in total. The lowest BCUT2D eigenvalue weighted by Gasteiger charge is -1.94. The summed E-state index contributed by atoms with van der Waals surface area (Å²) < 4.78 is 0. The van der Waals surface area contributed by atoms with E-state index in [0.717, 1.165) is 0 Å². The van der Waals surface area contributed by atoms with E-state index in [-0.39, 0.29) is 0 Å². The summed E-state index contributed by atoms with van der Waals surface area (Å²) in [5.74, 6) is 0. The maximum Gasteiger partial charge on any atom is 0.00984 e. The van der Waals surface area contributed by atoms with Gasteiger partial charge in [-0.3, -0.25) is 0 Å². The van der Waals surface area contributed by atoms with Gasteiger partial charge in [-0.05, 0) is 55.0 Å². The van der Waals surface area contributed by atoms with Gasteiger partial charge in [0.25, 0.3) is 0 Å². The van der Waals surface area contributed by atoms with E-state index < -0.39 is 0 Å². The molecular formula is C10H11P. The Morgan fingerprint density at radius 2 is 1.82 bits per heavy atom. The first-order chi connectivity index (χ1) is 5.18. The van der Waals surface area contributed by atoms with Gasteiger partial charge < -0.3 is 0 Å². The molecule has 1 aliphatic carbocycles. The van der Waals surface area contributed by atoms with E-state index in [2.05, 4.69) is 32.9 Å². The van der Waals surface area contributed by atoms with Crippen LogP contribution in [0.2, 0.25) is 0 Å². The third-order valence-electron chi connectivity index (χ3n) is 2.27. The van der Waals surface area contributed by atoms with Gasteiger partial charge in [-0.25, -0.2) is 0 Å². The van der Waals surface area contributed by atoms with Crippen LogP contribution in [0.3, 0.4) is 0 Å². The molecule has 0 atom stereocenters. The first-order valence-corrected chi connectivity index (χ1v) is 4.75. The minimum Gasteiger partial charge on any atom is -0.0645 e. The second kappa shape index (κ2) is 2.19. The van der Waals surface area contributed by atoms with Crippen LogP contribution in [0.4, 0.5) is 0 Å². The molecule has 0 aromatic heterocycles. The van der Waals surface area contributed by atoms with Gasteiger partial charge in [-0.2, -0.15) is 0 Å². The Morgan fingerprint density at radius 1 is 1.09 bits per heavy atom. The first kappa shape index (κ1) is 7.06. The van der Waals surface area contributed by atoms with Gasteiger partial charge in [-0.15, -0.1) is 0 Å². The molecule has 0 amide bonds. The summed E-state index contributed by atoms with van der Waals surface area (Å²) in [4.78, 5) is 0. The minimum atomic E-state index is 1.41. The van der Waals surface area contributed by atoms with E-state index in [4.69, 9.17) is 0 Å². The molecule has 0 aromatic carbocycles. The Hall–Kier alpha value is -0.610. The van der Waals surface area contributed by atoms with Crippen molar-refractivity contribution in [1.82, 2.24) is 0 Å². The van der Waals surface area contributed by atoms with Gasteiger partial charge in [0.1, 0.15) is 0 Å². The predicted octanol–water partition coefficient (Wildman–Crippen LogP) is 3.30. The average Bonchev–Trinajstić information content (AvgIpc) is 2.37. The molecule has 0 bridgehead atoms. The van der Waals surface area contributed by atoms with Gasteiger partial charge in [0.15, 0.2) is 0 Å². The van der Waals surface area contributed by atoms with E-state index in [0.29, 0.717) is 0 Å². The maximum atomic E-state index is 2.30. The van der Waals surface area contributed by atoms with Crippen LogP contribution in [0.1, 0.15) is 20.8 Å². The molecule has 2 aliphatic rings. The highest BCUT2D eigenvalue weighted by molar-refractivity contribution is 7.47. The molecule has 0 fully saturated rings. The molecule has 1 heterocycles. The van der Waals surface area contributed by atoms with Crippen LogP contribution in [-0.4, -0.2) is 5.29 Å². The summed E-state index contributed by atoms with van der Waals surface area (Å²) >= 11 is 0. The first-order valence-electron chi connectivity index (χ1n) is 3.85. The van der Waals surface area contributed by atoms with E-state index in [1.807, 2.05) is 0 Å². The monoisotopic (exact) mass is 162 g/mol. The van der Waals surface area contributed by atoms with Crippen molar-refractivity contribution in [1.29, 1.82) is 0 Å². The summed E-state index contributed by atoms with van der Waals surface area (Å²) in [6, 6.07) is 0. The Balaban J connectivity index is 2.58. The second-order valence-electron chi connectivity index (χ2n) is 3.15. The normalized spacial score (nSPS) is 23.0. The molecule has 1 heteroatoms. The lowest BCUT2D eigenvalue weighted by Crippen LogP contribution is -1.84. The largest absolute Gasteiger partial charge is 0.0645 e. The highest BCUT2D eigenvalue weighted by Gasteiger charge is 2.17. The van der Waals surface area contributed by atoms with Gasteiger partial charge >= 0.3 is 0 Å². The lowest BCUT2D eigenvalue weighted by atomic mass is 10.1. The zero-order valence-corrected chi connectivity index (χ0v) is 8.00. The molecular weight excluding hydrogens is 151 g/mol. The quantitative estimate of drug-likeness (QED) is 0.479. The summed E-state index contributed by atoms with van der Waals surface area (Å²) in [5.41, 5.74) is 4.37. The molecule has 0 N–H and O–H groups in total. The fourth-order valence-electron chi connectivity index (χ4n) is 1.50. The van der Waals surface area contributed by atoms with Crippen LogP contribution in [0.25, 0.3) is 0 Å². The smallest absolute Gasteiger partial charge is 0.00984 e. The third kappa shape index (κ3) is 0.937. The maximum absolute atomic E-state index is 2.30. The standard InChI is InChI=1S/C10H11P/c1-6-4-10-9(8(6)3)5-7(2)11-10/h4-5H,1-3H3. The van der Waals surface area contributed by atoms with Crippen molar-refractivity contribution in [3.63, 3.8) is 0 Å². The zero-order chi connectivity index (χ0) is 8.01. The van der Waals surface area contributed by atoms with Crippen LogP contribution in [-0.2, 0) is 0 Å². The molecule has 0 saturated heterocycles. The molecule has 0 spiro atoms. The van der Waals surface area contributed by atoms with Crippen LogP contribution in [0.5, 0.6) is 0 Å². The SMILES string of the molecule is CC1=CC2=C(C)C(C)=CC2=P1. The van der Waals surface area contributed by atoms with Crippen molar-refractivity contribution in [3.05, 3.63) is 34.2 Å². The summed E-state index contributed by atoms with van der Waals surface area (Å²) in [5, 5.41) is 2.97. The van der Waals surface area contributed by atoms with Crippen molar-refractivity contribution in [2.45, 2.75) is 20.8 Å². The fourth-order valence-corrected chi connectivity index (χ4v) is 2.69. The minimum absolute atomic E-state index is 1.41. The predicted molar refractivity (Wildman–Crippen MR) is 52.1 cm³/mol. The Bertz CT molecular complexity index is 338. The molecule has 0 aromatic rings. The second-order valence-corrected chi connectivity index (χ2v) is 4.56. The number of hydrogen-bond acceptors (Lipinski definition) is 0. The summed E-state index contributed by atoms with van der Waals surface area (Å²) in [6.07, 6.45) is 4.61. The number of allylic oxidation sites excluding steroid dienone is 6. The van der Waals surface area contributed by atoms with Gasteiger partial charge in [0, 0.05) is 5.29 Å². The summed E-state index contributed by atoms with van der Waals surface area (Å²) in [7, 11) is 1.41. The number of rotatable bonds is 0. The third-order valence-corrected chi connectivity index (χ3v) is 3.37. The van der Waals surface area contributed by atoms with Crippen LogP contribution in [0.15, 0.2) is 34.2 Å². The topological polar surface area (TPSA) is 0 Å². The fraction of sp³-hybridized carbons (Fsp3) is 0.300. The van der Waals surface area contributed by atoms with Crippen molar-refractivity contribution >= 4 is 13.5 Å².